The summed E-state index contributed by atoms with van der Waals surface area (Å²) in [5, 5.41) is 10.1. The Labute approximate surface area is 191 Å². The molecule has 1 N–H and O–H groups in total. The highest BCUT2D eigenvalue weighted by Crippen LogP contribution is 2.22. The number of carbonyl (C=O) groups is 1. The molecule has 1 aliphatic rings. The van der Waals surface area contributed by atoms with Crippen LogP contribution in [0.3, 0.4) is 0 Å². The first-order valence-electron chi connectivity index (χ1n) is 10.3. The second-order valence-electron chi connectivity index (χ2n) is 7.40. The van der Waals surface area contributed by atoms with Gasteiger partial charge >= 0.3 is 0 Å². The van der Waals surface area contributed by atoms with Gasteiger partial charge in [-0.1, -0.05) is 36.0 Å². The number of piperazine rings is 1. The lowest BCUT2D eigenvalue weighted by Crippen LogP contribution is -2.50. The summed E-state index contributed by atoms with van der Waals surface area (Å²) >= 11 is 1.59. The van der Waals surface area contributed by atoms with Gasteiger partial charge in [0, 0.05) is 38.4 Å². The molecule has 1 saturated heterocycles. The van der Waals surface area contributed by atoms with E-state index in [4.69, 9.17) is 0 Å². The molecule has 1 aliphatic heterocycles. The molecule has 8 nitrogen and oxygen atoms in total. The number of benzene rings is 2. The minimum Gasteiger partial charge on any atom is -0.340 e. The number of para-hydroxylation sites is 2. The van der Waals surface area contributed by atoms with E-state index in [9.17, 15) is 18.5 Å². The maximum Gasteiger partial charge on any atom is 0.244 e. The number of aromatic nitrogens is 2. The maximum absolute atomic E-state index is 12.9. The van der Waals surface area contributed by atoms with Crippen molar-refractivity contribution in [3.63, 3.8) is 0 Å². The van der Waals surface area contributed by atoms with E-state index in [2.05, 4.69) is 9.97 Å². The van der Waals surface area contributed by atoms with Crippen LogP contribution in [0.25, 0.3) is 11.0 Å². The number of hydrogen-bond donors (Lipinski definition) is 1. The third-order valence-corrected chi connectivity index (χ3v) is 8.27. The molecule has 1 fully saturated rings. The summed E-state index contributed by atoms with van der Waals surface area (Å²) in [7, 11) is -3.76. The van der Waals surface area contributed by atoms with E-state index in [1.807, 2.05) is 30.3 Å². The minimum atomic E-state index is -3.76. The van der Waals surface area contributed by atoms with E-state index >= 15 is 0 Å². The van der Waals surface area contributed by atoms with E-state index in [0.717, 1.165) is 21.9 Å². The van der Waals surface area contributed by atoms with Gasteiger partial charge in [-0.3, -0.25) is 4.79 Å². The fourth-order valence-electron chi connectivity index (χ4n) is 3.65. The summed E-state index contributed by atoms with van der Waals surface area (Å²) in [6.07, 6.45) is 1.13. The third kappa shape index (κ3) is 4.80. The predicted octanol–water partition coefficient (Wildman–Crippen LogP) is 2.84. The lowest BCUT2D eigenvalue weighted by molar-refractivity contribution is -0.132. The molecular weight excluding hydrogens is 446 g/mol. The molecule has 0 unspecified atom stereocenters. The van der Waals surface area contributed by atoms with Crippen molar-refractivity contribution in [3.05, 3.63) is 54.1 Å². The lowest BCUT2D eigenvalue weighted by Gasteiger charge is -2.34. The van der Waals surface area contributed by atoms with Gasteiger partial charge in [-0.25, -0.2) is 13.4 Å². The maximum atomic E-state index is 12.9. The highest BCUT2D eigenvalue weighted by Gasteiger charge is 2.31. The molecule has 32 heavy (non-hydrogen) atoms. The van der Waals surface area contributed by atoms with E-state index in [-0.39, 0.29) is 29.5 Å². The monoisotopic (exact) mass is 469 g/mol. The van der Waals surface area contributed by atoms with Crippen LogP contribution in [0.5, 0.6) is 0 Å². The Kier molecular flexibility index (Phi) is 6.79. The number of aromatic amines is 1. The molecule has 1 aromatic heterocycles. The number of sulfonamides is 1. The van der Waals surface area contributed by atoms with E-state index < -0.39 is 10.0 Å². The number of nitriles is 1. The number of nitrogens with one attached hydrogen (secondary N) is 1. The fraction of sp³-hybridized carbons (Fsp3) is 0.318. The Morgan fingerprint density at radius 2 is 1.81 bits per heavy atom. The average Bonchev–Trinajstić information content (AvgIpc) is 3.24. The number of thioether (sulfide) groups is 1. The summed E-state index contributed by atoms with van der Waals surface area (Å²) in [4.78, 5) is 22.1. The van der Waals surface area contributed by atoms with Crippen molar-refractivity contribution in [2.24, 2.45) is 0 Å². The number of carbonyl (C=O) groups excluding carboxylic acids is 1. The predicted molar refractivity (Wildman–Crippen MR) is 123 cm³/mol. The summed E-state index contributed by atoms with van der Waals surface area (Å²) in [6, 6.07) is 16.0. The SMILES string of the molecule is N#Cc1ccccc1S(=O)(=O)N1CCN(C(=O)CCCSc2nc3ccccc3[nH]2)CC1. The molecular formula is C22H23N5O3S2. The molecule has 0 aliphatic carbocycles. The van der Waals surface area contributed by atoms with Gasteiger partial charge in [0.1, 0.15) is 6.07 Å². The topological polar surface area (TPSA) is 110 Å². The molecule has 2 heterocycles. The number of imidazole rings is 1. The smallest absolute Gasteiger partial charge is 0.244 e. The summed E-state index contributed by atoms with van der Waals surface area (Å²) in [5.41, 5.74) is 2.06. The van der Waals surface area contributed by atoms with Gasteiger partial charge < -0.3 is 9.88 Å². The lowest BCUT2D eigenvalue weighted by atomic mass is 10.2. The Balaban J connectivity index is 1.25. The molecule has 2 aromatic carbocycles. The van der Waals surface area contributed by atoms with Crippen LogP contribution in [-0.4, -0.2) is 65.4 Å². The zero-order chi connectivity index (χ0) is 22.6. The second kappa shape index (κ2) is 9.73. The Bertz CT molecular complexity index is 1220. The highest BCUT2D eigenvalue weighted by molar-refractivity contribution is 7.99. The standard InChI is InChI=1S/C22H23N5O3S2/c23-16-17-6-1-4-9-20(17)32(29,30)27-13-11-26(12-14-27)21(28)10-5-15-31-22-24-18-7-2-3-8-19(18)25-22/h1-4,6-9H,5,10-15H2,(H,24,25). The Morgan fingerprint density at radius 3 is 2.56 bits per heavy atom. The molecule has 0 radical (unpaired) electrons. The quantitative estimate of drug-likeness (QED) is 0.421. The van der Waals surface area contributed by atoms with Crippen molar-refractivity contribution in [2.75, 3.05) is 31.9 Å². The van der Waals surface area contributed by atoms with Crippen molar-refractivity contribution >= 4 is 38.7 Å². The second-order valence-corrected chi connectivity index (χ2v) is 10.4. The van der Waals surface area contributed by atoms with Crippen molar-refractivity contribution in [2.45, 2.75) is 22.9 Å². The van der Waals surface area contributed by atoms with Crippen molar-refractivity contribution in [1.82, 2.24) is 19.2 Å². The van der Waals surface area contributed by atoms with Crippen LogP contribution >= 0.6 is 11.8 Å². The molecule has 1 amide bonds. The van der Waals surface area contributed by atoms with Crippen LogP contribution in [0.2, 0.25) is 0 Å². The first-order chi connectivity index (χ1) is 15.5. The number of fused-ring (bicyclic) bond motifs is 1. The molecule has 3 aromatic rings. The third-order valence-electron chi connectivity index (χ3n) is 5.36. The van der Waals surface area contributed by atoms with Crippen molar-refractivity contribution < 1.29 is 13.2 Å². The summed E-state index contributed by atoms with van der Waals surface area (Å²) in [5.74, 6) is 0.801. The van der Waals surface area contributed by atoms with E-state index in [1.54, 1.807) is 28.8 Å². The summed E-state index contributed by atoms with van der Waals surface area (Å²) in [6.45, 7) is 1.15. The Hall–Kier alpha value is -2.87. The molecule has 4 rings (SSSR count). The fourth-order valence-corrected chi connectivity index (χ4v) is 6.04. The highest BCUT2D eigenvalue weighted by atomic mass is 32.2. The van der Waals surface area contributed by atoms with Gasteiger partial charge in [0.05, 0.1) is 21.5 Å². The number of nitrogens with zero attached hydrogens (tertiary/aromatic N) is 4. The Morgan fingerprint density at radius 1 is 1.09 bits per heavy atom. The minimum absolute atomic E-state index is 0.0184. The zero-order valence-corrected chi connectivity index (χ0v) is 19.0. The average molecular weight is 470 g/mol. The number of hydrogen-bond acceptors (Lipinski definition) is 6. The van der Waals surface area contributed by atoms with Crippen LogP contribution in [0.1, 0.15) is 18.4 Å². The van der Waals surface area contributed by atoms with Crippen LogP contribution in [0, 0.1) is 11.3 Å². The first kappa shape index (κ1) is 22.3. The van der Waals surface area contributed by atoms with Gasteiger partial charge in [-0.15, -0.1) is 0 Å². The van der Waals surface area contributed by atoms with Crippen LogP contribution in [0.4, 0.5) is 0 Å². The number of amides is 1. The van der Waals surface area contributed by atoms with Crippen molar-refractivity contribution in [3.8, 4) is 6.07 Å². The largest absolute Gasteiger partial charge is 0.340 e. The number of H-pyrrole nitrogens is 1. The van der Waals surface area contributed by atoms with Crippen molar-refractivity contribution in [1.29, 1.82) is 5.26 Å². The van der Waals surface area contributed by atoms with Gasteiger partial charge in [0.2, 0.25) is 15.9 Å². The van der Waals surface area contributed by atoms with Gasteiger partial charge in [0.15, 0.2) is 5.16 Å². The number of rotatable bonds is 7. The van der Waals surface area contributed by atoms with Gasteiger partial charge in [0.25, 0.3) is 0 Å². The van der Waals surface area contributed by atoms with Gasteiger partial charge in [-0.05, 0) is 30.7 Å². The van der Waals surface area contributed by atoms with Crippen LogP contribution in [0.15, 0.2) is 58.6 Å². The molecule has 166 valence electrons. The molecule has 0 spiro atoms. The van der Waals surface area contributed by atoms with E-state index in [1.165, 1.54) is 16.4 Å². The summed E-state index contributed by atoms with van der Waals surface area (Å²) < 4.78 is 27.2. The molecule has 0 atom stereocenters. The zero-order valence-electron chi connectivity index (χ0n) is 17.4. The van der Waals surface area contributed by atoms with E-state index in [0.29, 0.717) is 25.9 Å². The molecule has 0 bridgehead atoms. The molecule has 0 saturated carbocycles. The van der Waals surface area contributed by atoms with Gasteiger partial charge in [-0.2, -0.15) is 9.57 Å². The normalized spacial score (nSPS) is 15.0. The van der Waals surface area contributed by atoms with Crippen LogP contribution in [-0.2, 0) is 14.8 Å². The first-order valence-corrected chi connectivity index (χ1v) is 12.8. The van der Waals surface area contributed by atoms with Crippen LogP contribution < -0.4 is 0 Å². The molecule has 10 heteroatoms.